The lowest BCUT2D eigenvalue weighted by atomic mass is 9.91. The first-order valence-corrected chi connectivity index (χ1v) is 12.0. The van der Waals surface area contributed by atoms with E-state index in [1.54, 1.807) is 4.57 Å². The van der Waals surface area contributed by atoms with Crippen molar-refractivity contribution in [2.45, 2.75) is 52.3 Å². The van der Waals surface area contributed by atoms with Crippen molar-refractivity contribution in [3.8, 4) is 0 Å². The average Bonchev–Trinajstić information content (AvgIpc) is 3.14. The van der Waals surface area contributed by atoms with Gasteiger partial charge in [-0.05, 0) is 74.8 Å². The second kappa shape index (κ2) is 10.0. The molecule has 0 amide bonds. The van der Waals surface area contributed by atoms with Crippen LogP contribution in [0.15, 0.2) is 42.5 Å². The van der Waals surface area contributed by atoms with Crippen LogP contribution in [0.25, 0.3) is 0 Å². The second-order valence-corrected chi connectivity index (χ2v) is 9.52. The van der Waals surface area contributed by atoms with E-state index in [2.05, 4.69) is 4.98 Å². The van der Waals surface area contributed by atoms with Gasteiger partial charge in [0.05, 0.1) is 16.4 Å². The smallest absolute Gasteiger partial charge is 0.330 e. The number of rotatable bonds is 7. The first-order valence-electron chi connectivity index (χ1n) is 11.6. The van der Waals surface area contributed by atoms with Gasteiger partial charge in [-0.25, -0.2) is 4.98 Å². The van der Waals surface area contributed by atoms with Crippen molar-refractivity contribution in [3.63, 3.8) is 0 Å². The Morgan fingerprint density at radius 1 is 1.09 bits per heavy atom. The van der Waals surface area contributed by atoms with Gasteiger partial charge in [-0.3, -0.25) is 0 Å². The molecule has 2 heterocycles. The molecule has 1 unspecified atom stereocenters. The van der Waals surface area contributed by atoms with E-state index in [4.69, 9.17) is 17.3 Å². The number of hydrogen-bond acceptors (Lipinski definition) is 3. The van der Waals surface area contributed by atoms with Gasteiger partial charge in [-0.2, -0.15) is 13.2 Å². The molecule has 0 saturated carbocycles. The van der Waals surface area contributed by atoms with E-state index in [0.717, 1.165) is 22.4 Å². The summed E-state index contributed by atoms with van der Waals surface area (Å²) >= 11 is 6.57. The maximum atomic E-state index is 14.2. The van der Waals surface area contributed by atoms with Crippen molar-refractivity contribution in [3.05, 3.63) is 75.6 Å². The van der Waals surface area contributed by atoms with E-state index in [0.29, 0.717) is 49.9 Å². The summed E-state index contributed by atoms with van der Waals surface area (Å²) in [5.41, 5.74) is 9.03. The summed E-state index contributed by atoms with van der Waals surface area (Å²) in [6, 6.07) is 13.7. The Morgan fingerprint density at radius 2 is 1.82 bits per heavy atom. The number of alkyl halides is 3. The number of aryl methyl sites for hydroxylation is 2. The van der Waals surface area contributed by atoms with Crippen molar-refractivity contribution in [2.75, 3.05) is 18.0 Å². The summed E-state index contributed by atoms with van der Waals surface area (Å²) in [6.45, 7) is 5.36. The topological polar surface area (TPSA) is 47.1 Å². The van der Waals surface area contributed by atoms with Crippen LogP contribution in [-0.2, 0) is 25.6 Å². The molecule has 0 saturated heterocycles. The summed E-state index contributed by atoms with van der Waals surface area (Å²) in [7, 11) is 0. The van der Waals surface area contributed by atoms with Crippen LogP contribution in [0, 0.1) is 19.8 Å². The number of nitrogens with zero attached hydrogens (tertiary/aromatic N) is 3. The molecule has 1 atom stereocenters. The Hall–Kier alpha value is -2.51. The van der Waals surface area contributed by atoms with Crippen LogP contribution in [0.4, 0.5) is 24.8 Å². The van der Waals surface area contributed by atoms with E-state index in [9.17, 15) is 13.2 Å². The summed E-state index contributed by atoms with van der Waals surface area (Å²) in [4.78, 5) is 6.02. The number of halogens is 4. The molecule has 0 bridgehead atoms. The number of anilines is 2. The minimum atomic E-state index is -4.54. The standard InChI is InChI=1S/C26H30ClF3N4/c1-17-13-18(2)23(21(27)14-17)34-12-6-11-33-22(24(26(28,29)30)32-25(33)34)16-20(9-10-31)15-19-7-4-3-5-8-19/h3-5,7-8,13-14,20H,6,9-12,15-16,31H2,1-2H3. The highest BCUT2D eigenvalue weighted by molar-refractivity contribution is 6.33. The molecule has 182 valence electrons. The summed E-state index contributed by atoms with van der Waals surface area (Å²) in [6.07, 6.45) is -2.26. The van der Waals surface area contributed by atoms with E-state index >= 15 is 0 Å². The fourth-order valence-electron chi connectivity index (χ4n) is 5.03. The predicted molar refractivity (Wildman–Crippen MR) is 131 cm³/mol. The van der Waals surface area contributed by atoms with E-state index in [1.807, 2.05) is 61.2 Å². The molecular formula is C26H30ClF3N4. The Balaban J connectivity index is 1.77. The van der Waals surface area contributed by atoms with Crippen molar-refractivity contribution >= 4 is 23.2 Å². The van der Waals surface area contributed by atoms with Gasteiger partial charge in [0.15, 0.2) is 5.69 Å². The molecule has 0 radical (unpaired) electrons. The number of fused-ring (bicyclic) bond motifs is 1. The molecule has 0 aliphatic carbocycles. The number of aromatic nitrogens is 2. The van der Waals surface area contributed by atoms with Gasteiger partial charge in [0.2, 0.25) is 5.95 Å². The SMILES string of the molecule is Cc1cc(C)c(N2CCCn3c2nc(C(F)(F)F)c3CC(CCN)Cc2ccccc2)c(Cl)c1. The van der Waals surface area contributed by atoms with Gasteiger partial charge in [-0.15, -0.1) is 0 Å². The zero-order valence-corrected chi connectivity index (χ0v) is 20.3. The summed E-state index contributed by atoms with van der Waals surface area (Å²) < 4.78 is 44.3. The molecule has 0 spiro atoms. The van der Waals surface area contributed by atoms with Gasteiger partial charge >= 0.3 is 6.18 Å². The zero-order chi connectivity index (χ0) is 24.5. The highest BCUT2D eigenvalue weighted by atomic mass is 35.5. The van der Waals surface area contributed by atoms with E-state index in [-0.39, 0.29) is 18.0 Å². The molecule has 0 fully saturated rings. The van der Waals surface area contributed by atoms with Crippen LogP contribution in [0.1, 0.15) is 40.9 Å². The van der Waals surface area contributed by atoms with E-state index in [1.165, 1.54) is 0 Å². The quantitative estimate of drug-likeness (QED) is 0.413. The molecule has 2 aromatic carbocycles. The van der Waals surface area contributed by atoms with Crippen molar-refractivity contribution < 1.29 is 13.2 Å². The van der Waals surface area contributed by atoms with Crippen LogP contribution in [0.2, 0.25) is 5.02 Å². The van der Waals surface area contributed by atoms with Crippen molar-refractivity contribution in [2.24, 2.45) is 11.7 Å². The largest absolute Gasteiger partial charge is 0.435 e. The zero-order valence-electron chi connectivity index (χ0n) is 19.5. The Morgan fingerprint density at radius 3 is 2.47 bits per heavy atom. The fourth-order valence-corrected chi connectivity index (χ4v) is 5.45. The summed E-state index contributed by atoms with van der Waals surface area (Å²) in [5.74, 6) is 0.294. The monoisotopic (exact) mass is 490 g/mol. The van der Waals surface area contributed by atoms with Crippen LogP contribution >= 0.6 is 11.6 Å². The third-order valence-corrected chi connectivity index (χ3v) is 6.71. The third kappa shape index (κ3) is 5.10. The van der Waals surface area contributed by atoms with Crippen LogP contribution < -0.4 is 10.6 Å². The van der Waals surface area contributed by atoms with Gasteiger partial charge in [0.25, 0.3) is 0 Å². The Labute approximate surface area is 203 Å². The first-order chi connectivity index (χ1) is 16.2. The van der Waals surface area contributed by atoms with Crippen LogP contribution in [0.5, 0.6) is 0 Å². The van der Waals surface area contributed by atoms with Crippen molar-refractivity contribution in [1.29, 1.82) is 0 Å². The summed E-state index contributed by atoms with van der Waals surface area (Å²) in [5, 5.41) is 0.522. The molecule has 2 N–H and O–H groups in total. The average molecular weight is 491 g/mol. The first kappa shape index (κ1) is 24.6. The lowest BCUT2D eigenvalue weighted by Gasteiger charge is -2.32. The molecule has 4 nitrogen and oxygen atoms in total. The molecule has 1 aliphatic rings. The highest BCUT2D eigenvalue weighted by Crippen LogP contribution is 2.42. The fraction of sp³-hybridized carbons (Fsp3) is 0.423. The number of benzene rings is 2. The molecule has 4 rings (SSSR count). The van der Waals surface area contributed by atoms with Gasteiger partial charge in [-0.1, -0.05) is 48.0 Å². The van der Waals surface area contributed by atoms with Gasteiger partial charge in [0.1, 0.15) is 0 Å². The molecule has 34 heavy (non-hydrogen) atoms. The number of hydrogen-bond donors (Lipinski definition) is 1. The highest BCUT2D eigenvalue weighted by Gasteiger charge is 2.41. The molecule has 3 aromatic rings. The lowest BCUT2D eigenvalue weighted by molar-refractivity contribution is -0.141. The van der Waals surface area contributed by atoms with Crippen LogP contribution in [-0.4, -0.2) is 22.6 Å². The molecule has 1 aliphatic heterocycles. The Kier molecular flexibility index (Phi) is 7.24. The Bertz CT molecular complexity index is 1120. The lowest BCUT2D eigenvalue weighted by Crippen LogP contribution is -2.30. The predicted octanol–water partition coefficient (Wildman–Crippen LogP) is 6.46. The number of imidazole rings is 1. The normalized spacial score (nSPS) is 14.9. The minimum absolute atomic E-state index is 0.0191. The number of nitrogens with two attached hydrogens (primary N) is 1. The second-order valence-electron chi connectivity index (χ2n) is 9.11. The van der Waals surface area contributed by atoms with Crippen LogP contribution in [0.3, 0.4) is 0 Å². The maximum Gasteiger partial charge on any atom is 0.435 e. The molecule has 8 heteroatoms. The van der Waals surface area contributed by atoms with Gasteiger partial charge < -0.3 is 15.2 Å². The molecular weight excluding hydrogens is 461 g/mol. The minimum Gasteiger partial charge on any atom is -0.330 e. The van der Waals surface area contributed by atoms with Crippen molar-refractivity contribution in [1.82, 2.24) is 9.55 Å². The van der Waals surface area contributed by atoms with E-state index < -0.39 is 11.9 Å². The van der Waals surface area contributed by atoms with Gasteiger partial charge in [0, 0.05) is 13.1 Å². The third-order valence-electron chi connectivity index (χ3n) is 6.42. The maximum absolute atomic E-state index is 14.2. The molecule has 1 aromatic heterocycles.